The highest BCUT2D eigenvalue weighted by Gasteiger charge is 2.50. The van der Waals surface area contributed by atoms with Crippen LogP contribution in [0, 0.1) is 11.3 Å². The van der Waals surface area contributed by atoms with Crippen LogP contribution in [0.3, 0.4) is 0 Å². The van der Waals surface area contributed by atoms with Crippen molar-refractivity contribution in [2.45, 2.75) is 53.0 Å². The minimum Gasteiger partial charge on any atom is -0.342 e. The Morgan fingerprint density at radius 1 is 1.22 bits per heavy atom. The predicted molar refractivity (Wildman–Crippen MR) is 74.4 cm³/mol. The summed E-state index contributed by atoms with van der Waals surface area (Å²) in [7, 11) is 0. The summed E-state index contributed by atoms with van der Waals surface area (Å²) in [6, 6.07) is 0. The van der Waals surface area contributed by atoms with Crippen molar-refractivity contribution in [1.82, 2.24) is 9.80 Å². The van der Waals surface area contributed by atoms with Crippen LogP contribution in [0.5, 0.6) is 0 Å². The number of nitrogens with zero attached hydrogens (tertiary/aromatic N) is 2. The zero-order chi connectivity index (χ0) is 13.6. The van der Waals surface area contributed by atoms with Gasteiger partial charge in [-0.15, -0.1) is 0 Å². The molecule has 0 aromatic carbocycles. The van der Waals surface area contributed by atoms with Crippen molar-refractivity contribution in [2.24, 2.45) is 11.3 Å². The molecule has 1 amide bonds. The van der Waals surface area contributed by atoms with E-state index in [1.54, 1.807) is 0 Å². The third-order valence-electron chi connectivity index (χ3n) is 4.38. The molecular formula is C15H28N2O. The van der Waals surface area contributed by atoms with Gasteiger partial charge in [0, 0.05) is 43.6 Å². The van der Waals surface area contributed by atoms with Crippen LogP contribution in [0.2, 0.25) is 0 Å². The Hall–Kier alpha value is -0.570. The van der Waals surface area contributed by atoms with E-state index in [0.717, 1.165) is 13.1 Å². The fourth-order valence-electron chi connectivity index (χ4n) is 3.12. The lowest BCUT2D eigenvalue weighted by molar-refractivity contribution is -0.132. The van der Waals surface area contributed by atoms with Gasteiger partial charge in [0.05, 0.1) is 0 Å². The molecule has 2 fully saturated rings. The van der Waals surface area contributed by atoms with Crippen LogP contribution in [0.25, 0.3) is 0 Å². The second kappa shape index (κ2) is 4.52. The first-order valence-corrected chi connectivity index (χ1v) is 7.25. The van der Waals surface area contributed by atoms with Gasteiger partial charge in [-0.05, 0) is 33.1 Å². The van der Waals surface area contributed by atoms with Crippen molar-refractivity contribution < 1.29 is 4.79 Å². The fraction of sp³-hybridized carbons (Fsp3) is 0.933. The average Bonchev–Trinajstić information content (AvgIpc) is 2.56. The maximum absolute atomic E-state index is 12.1. The Morgan fingerprint density at radius 3 is 2.33 bits per heavy atom. The van der Waals surface area contributed by atoms with Gasteiger partial charge in [-0.25, -0.2) is 0 Å². The molecule has 0 aromatic rings. The van der Waals surface area contributed by atoms with Gasteiger partial charge < -0.3 is 4.90 Å². The van der Waals surface area contributed by atoms with E-state index in [9.17, 15) is 4.79 Å². The number of hydrogen-bond acceptors (Lipinski definition) is 2. The van der Waals surface area contributed by atoms with E-state index < -0.39 is 0 Å². The molecule has 1 spiro atoms. The molecule has 0 N–H and O–H groups in total. The molecule has 0 aliphatic carbocycles. The number of carbonyl (C=O) groups excluding carboxylic acids is 1. The molecule has 0 unspecified atom stereocenters. The Balaban J connectivity index is 1.85. The van der Waals surface area contributed by atoms with Crippen LogP contribution in [0.1, 0.15) is 47.5 Å². The Morgan fingerprint density at radius 2 is 1.83 bits per heavy atom. The molecule has 2 aliphatic rings. The van der Waals surface area contributed by atoms with E-state index in [1.807, 2.05) is 0 Å². The van der Waals surface area contributed by atoms with E-state index in [1.165, 1.54) is 19.5 Å². The molecule has 3 nitrogen and oxygen atoms in total. The highest BCUT2D eigenvalue weighted by Crippen LogP contribution is 2.42. The standard InChI is InChI=1S/C15H28N2O/c1-12(2)8-13(18)16-7-6-15(9-16)10-17(11-15)14(3,4)5/h12H,6-11H2,1-5H3. The van der Waals surface area contributed by atoms with Gasteiger partial charge in [0.2, 0.25) is 5.91 Å². The summed E-state index contributed by atoms with van der Waals surface area (Å²) in [4.78, 5) is 16.7. The maximum Gasteiger partial charge on any atom is 0.222 e. The topological polar surface area (TPSA) is 23.6 Å². The molecule has 2 rings (SSSR count). The summed E-state index contributed by atoms with van der Waals surface area (Å²) < 4.78 is 0. The van der Waals surface area contributed by atoms with Crippen LogP contribution in [-0.2, 0) is 4.79 Å². The van der Waals surface area contributed by atoms with Crippen LogP contribution in [-0.4, -0.2) is 47.4 Å². The lowest BCUT2D eigenvalue weighted by Crippen LogP contribution is -2.63. The van der Waals surface area contributed by atoms with Gasteiger partial charge in [0.25, 0.3) is 0 Å². The first kappa shape index (κ1) is 13.9. The highest BCUT2D eigenvalue weighted by molar-refractivity contribution is 5.76. The smallest absolute Gasteiger partial charge is 0.222 e. The molecular weight excluding hydrogens is 224 g/mol. The minimum atomic E-state index is 0.278. The molecule has 0 saturated carbocycles. The lowest BCUT2D eigenvalue weighted by atomic mass is 9.76. The minimum absolute atomic E-state index is 0.278. The molecule has 2 aliphatic heterocycles. The third-order valence-corrected chi connectivity index (χ3v) is 4.38. The van der Waals surface area contributed by atoms with Gasteiger partial charge >= 0.3 is 0 Å². The zero-order valence-electron chi connectivity index (χ0n) is 12.6. The van der Waals surface area contributed by atoms with E-state index in [0.29, 0.717) is 23.7 Å². The van der Waals surface area contributed by atoms with Crippen molar-refractivity contribution in [2.75, 3.05) is 26.2 Å². The Bertz CT molecular complexity index is 324. The molecule has 104 valence electrons. The highest BCUT2D eigenvalue weighted by atomic mass is 16.2. The number of amides is 1. The molecule has 0 atom stereocenters. The fourth-order valence-corrected chi connectivity index (χ4v) is 3.12. The number of rotatable bonds is 2. The van der Waals surface area contributed by atoms with Crippen molar-refractivity contribution in [3.05, 3.63) is 0 Å². The number of carbonyl (C=O) groups is 1. The van der Waals surface area contributed by atoms with Crippen molar-refractivity contribution >= 4 is 5.91 Å². The van der Waals surface area contributed by atoms with E-state index >= 15 is 0 Å². The van der Waals surface area contributed by atoms with Gasteiger partial charge in [0.1, 0.15) is 0 Å². The Kier molecular flexibility index (Phi) is 3.48. The summed E-state index contributed by atoms with van der Waals surface area (Å²) in [5.41, 5.74) is 0.695. The lowest BCUT2D eigenvalue weighted by Gasteiger charge is -2.54. The van der Waals surface area contributed by atoms with E-state index in [4.69, 9.17) is 0 Å². The number of hydrogen-bond donors (Lipinski definition) is 0. The van der Waals surface area contributed by atoms with Gasteiger partial charge in [-0.2, -0.15) is 0 Å². The molecule has 0 bridgehead atoms. The van der Waals surface area contributed by atoms with Crippen LogP contribution < -0.4 is 0 Å². The summed E-state index contributed by atoms with van der Waals surface area (Å²) in [5.74, 6) is 0.831. The second-order valence-electron chi connectivity index (χ2n) is 7.69. The average molecular weight is 252 g/mol. The first-order chi connectivity index (χ1) is 8.22. The van der Waals surface area contributed by atoms with Crippen LogP contribution in [0.15, 0.2) is 0 Å². The van der Waals surface area contributed by atoms with Crippen LogP contribution in [0.4, 0.5) is 0 Å². The maximum atomic E-state index is 12.1. The predicted octanol–water partition coefficient (Wildman–Crippen LogP) is 2.37. The third kappa shape index (κ3) is 2.71. The molecule has 2 heterocycles. The molecule has 18 heavy (non-hydrogen) atoms. The van der Waals surface area contributed by atoms with Crippen molar-refractivity contribution in [3.8, 4) is 0 Å². The summed E-state index contributed by atoms with van der Waals surface area (Å²) in [6.45, 7) is 15.4. The molecule has 0 aromatic heterocycles. The van der Waals surface area contributed by atoms with Crippen LogP contribution >= 0.6 is 0 Å². The first-order valence-electron chi connectivity index (χ1n) is 7.25. The molecule has 3 heteroatoms. The van der Waals surface area contributed by atoms with Crippen molar-refractivity contribution in [3.63, 3.8) is 0 Å². The normalized spacial score (nSPS) is 23.8. The monoisotopic (exact) mass is 252 g/mol. The van der Waals surface area contributed by atoms with Gasteiger partial charge in [-0.1, -0.05) is 13.8 Å². The van der Waals surface area contributed by atoms with Crippen molar-refractivity contribution in [1.29, 1.82) is 0 Å². The Labute approximate surface area is 112 Å². The van der Waals surface area contributed by atoms with E-state index in [-0.39, 0.29) is 5.54 Å². The summed E-state index contributed by atoms with van der Waals surface area (Å²) in [6.07, 6.45) is 1.91. The largest absolute Gasteiger partial charge is 0.342 e. The van der Waals surface area contributed by atoms with Gasteiger partial charge in [-0.3, -0.25) is 9.69 Å². The number of likely N-dealkylation sites (tertiary alicyclic amines) is 2. The van der Waals surface area contributed by atoms with Gasteiger partial charge in [0.15, 0.2) is 0 Å². The quantitative estimate of drug-likeness (QED) is 0.753. The second-order valence-corrected chi connectivity index (χ2v) is 7.69. The summed E-state index contributed by atoms with van der Waals surface area (Å²) >= 11 is 0. The molecule has 0 radical (unpaired) electrons. The molecule has 2 saturated heterocycles. The summed E-state index contributed by atoms with van der Waals surface area (Å²) in [5, 5.41) is 0. The zero-order valence-corrected chi connectivity index (χ0v) is 12.6. The van der Waals surface area contributed by atoms with E-state index in [2.05, 4.69) is 44.4 Å². The SMILES string of the molecule is CC(C)CC(=O)N1CCC2(C1)CN(C(C)(C)C)C2.